The van der Waals surface area contributed by atoms with Crippen molar-refractivity contribution in [1.29, 1.82) is 0 Å². The topological polar surface area (TPSA) is 121 Å². The summed E-state index contributed by atoms with van der Waals surface area (Å²) in [6.45, 7) is -0.340. The quantitative estimate of drug-likeness (QED) is 0.341. The molecule has 0 aromatic heterocycles. The van der Waals surface area contributed by atoms with Crippen molar-refractivity contribution in [1.82, 2.24) is 4.90 Å². The molecule has 4 atom stereocenters. The first kappa shape index (κ1) is 12.3. The third-order valence-electron chi connectivity index (χ3n) is 2.52. The first-order chi connectivity index (χ1) is 6.99. The Morgan fingerprint density at radius 1 is 1.27 bits per heavy atom. The molecule has 0 amide bonds. The van der Waals surface area contributed by atoms with E-state index in [1.54, 1.807) is 0 Å². The SMILES string of the molecule is O=C(O)C1[C@@H](O)[C@H](O)C(O)CN1CCO. The van der Waals surface area contributed by atoms with Gasteiger partial charge in [-0.3, -0.25) is 9.69 Å². The molecule has 0 aliphatic carbocycles. The number of likely N-dealkylation sites (tertiary alicyclic amines) is 1. The molecule has 88 valence electrons. The fourth-order valence-electron chi connectivity index (χ4n) is 1.75. The van der Waals surface area contributed by atoms with Crippen molar-refractivity contribution >= 4 is 5.97 Å². The molecular weight excluding hydrogens is 206 g/mol. The van der Waals surface area contributed by atoms with E-state index < -0.39 is 30.3 Å². The lowest BCUT2D eigenvalue weighted by molar-refractivity contribution is -0.171. The van der Waals surface area contributed by atoms with Crippen LogP contribution >= 0.6 is 0 Å². The highest BCUT2D eigenvalue weighted by Crippen LogP contribution is 2.18. The molecular formula is C8H15NO6. The van der Waals surface area contributed by atoms with Crippen molar-refractivity contribution in [3.63, 3.8) is 0 Å². The maximum absolute atomic E-state index is 10.8. The van der Waals surface area contributed by atoms with Gasteiger partial charge in [-0.25, -0.2) is 0 Å². The van der Waals surface area contributed by atoms with Crippen LogP contribution in [0.1, 0.15) is 0 Å². The minimum Gasteiger partial charge on any atom is -0.480 e. The van der Waals surface area contributed by atoms with E-state index >= 15 is 0 Å². The van der Waals surface area contributed by atoms with Gasteiger partial charge in [-0.05, 0) is 0 Å². The molecule has 7 heteroatoms. The van der Waals surface area contributed by atoms with Gasteiger partial charge in [0.15, 0.2) is 0 Å². The zero-order chi connectivity index (χ0) is 11.6. The van der Waals surface area contributed by atoms with Crippen LogP contribution in [0.15, 0.2) is 0 Å². The molecule has 0 bridgehead atoms. The van der Waals surface area contributed by atoms with Gasteiger partial charge < -0.3 is 25.5 Å². The number of piperidine rings is 1. The Morgan fingerprint density at radius 2 is 1.87 bits per heavy atom. The molecule has 1 heterocycles. The van der Waals surface area contributed by atoms with Crippen molar-refractivity contribution in [2.45, 2.75) is 24.4 Å². The van der Waals surface area contributed by atoms with Crippen molar-refractivity contribution in [3.8, 4) is 0 Å². The summed E-state index contributed by atoms with van der Waals surface area (Å²) < 4.78 is 0. The predicted octanol–water partition coefficient (Wildman–Crippen LogP) is -3.17. The van der Waals surface area contributed by atoms with Crippen LogP contribution in [0.25, 0.3) is 0 Å². The number of carbonyl (C=O) groups is 1. The van der Waals surface area contributed by atoms with Crippen LogP contribution < -0.4 is 0 Å². The Balaban J connectivity index is 2.81. The lowest BCUT2D eigenvalue weighted by Gasteiger charge is -2.41. The number of hydrogen-bond acceptors (Lipinski definition) is 6. The maximum Gasteiger partial charge on any atom is 0.323 e. The van der Waals surface area contributed by atoms with Crippen LogP contribution in [0, 0.1) is 0 Å². The average Bonchev–Trinajstić information content (AvgIpc) is 2.14. The predicted molar refractivity (Wildman–Crippen MR) is 48.1 cm³/mol. The number of β-amino-alcohol motifs (C(OH)–C–C–N with tert-alkyl or cyclic N) is 2. The fourth-order valence-corrected chi connectivity index (χ4v) is 1.75. The molecule has 7 nitrogen and oxygen atoms in total. The van der Waals surface area contributed by atoms with Crippen LogP contribution in [-0.4, -0.2) is 80.5 Å². The van der Waals surface area contributed by atoms with E-state index in [9.17, 15) is 20.1 Å². The van der Waals surface area contributed by atoms with Gasteiger partial charge in [0, 0.05) is 13.1 Å². The summed E-state index contributed by atoms with van der Waals surface area (Å²) >= 11 is 0. The summed E-state index contributed by atoms with van der Waals surface area (Å²) in [7, 11) is 0. The smallest absolute Gasteiger partial charge is 0.323 e. The Kier molecular flexibility index (Phi) is 4.00. The third-order valence-corrected chi connectivity index (χ3v) is 2.52. The second kappa shape index (κ2) is 4.86. The van der Waals surface area contributed by atoms with E-state index in [1.807, 2.05) is 0 Å². The van der Waals surface area contributed by atoms with Gasteiger partial charge in [0.2, 0.25) is 0 Å². The third kappa shape index (κ3) is 2.44. The molecule has 0 aromatic rings. The van der Waals surface area contributed by atoms with E-state index in [4.69, 9.17) is 10.2 Å². The van der Waals surface area contributed by atoms with Gasteiger partial charge in [-0.2, -0.15) is 0 Å². The summed E-state index contributed by atoms with van der Waals surface area (Å²) in [6.07, 6.45) is -4.24. The van der Waals surface area contributed by atoms with Crippen LogP contribution in [0.2, 0.25) is 0 Å². The number of aliphatic hydroxyl groups is 4. The maximum atomic E-state index is 10.8. The fraction of sp³-hybridized carbons (Fsp3) is 0.875. The van der Waals surface area contributed by atoms with Crippen molar-refractivity contribution < 1.29 is 30.3 Å². The van der Waals surface area contributed by atoms with Gasteiger partial charge in [0.1, 0.15) is 18.2 Å². The highest BCUT2D eigenvalue weighted by molar-refractivity contribution is 5.74. The first-order valence-corrected chi connectivity index (χ1v) is 4.61. The van der Waals surface area contributed by atoms with Gasteiger partial charge in [-0.1, -0.05) is 0 Å². The van der Waals surface area contributed by atoms with Crippen molar-refractivity contribution in [3.05, 3.63) is 0 Å². The molecule has 5 N–H and O–H groups in total. The summed E-state index contributed by atoms with van der Waals surface area (Å²) in [5.74, 6) is -1.29. The van der Waals surface area contributed by atoms with Crippen molar-refractivity contribution in [2.75, 3.05) is 19.7 Å². The van der Waals surface area contributed by atoms with Crippen LogP contribution in [-0.2, 0) is 4.79 Å². The molecule has 1 aliphatic rings. The number of hydrogen-bond donors (Lipinski definition) is 5. The lowest BCUT2D eigenvalue weighted by atomic mass is 9.94. The summed E-state index contributed by atoms with van der Waals surface area (Å²) in [5.41, 5.74) is 0. The number of carboxylic acids is 1. The number of aliphatic carboxylic acids is 1. The first-order valence-electron chi connectivity index (χ1n) is 4.61. The Bertz CT molecular complexity index is 235. The standard InChI is InChI=1S/C8H15NO6/c10-2-1-9-3-4(11)6(12)7(13)5(9)8(14)15/h4-7,10-13H,1-3H2,(H,14,15)/t4?,5?,6-,7-/m1/s1. The highest BCUT2D eigenvalue weighted by atomic mass is 16.4. The van der Waals surface area contributed by atoms with E-state index in [1.165, 1.54) is 4.90 Å². The molecule has 0 aromatic carbocycles. The molecule has 0 saturated carbocycles. The van der Waals surface area contributed by atoms with Crippen LogP contribution in [0.3, 0.4) is 0 Å². The van der Waals surface area contributed by atoms with E-state index in [-0.39, 0.29) is 19.7 Å². The monoisotopic (exact) mass is 221 g/mol. The minimum atomic E-state index is -1.56. The Hall–Kier alpha value is -0.730. The summed E-state index contributed by atoms with van der Waals surface area (Å²) in [4.78, 5) is 12.1. The molecule has 0 spiro atoms. The highest BCUT2D eigenvalue weighted by Gasteiger charge is 2.44. The second-order valence-electron chi connectivity index (χ2n) is 3.55. The zero-order valence-corrected chi connectivity index (χ0v) is 8.02. The minimum absolute atomic E-state index is 0.0256. The van der Waals surface area contributed by atoms with Crippen molar-refractivity contribution in [2.24, 2.45) is 0 Å². The summed E-state index contributed by atoms with van der Waals surface area (Å²) in [6, 6.07) is -1.30. The number of rotatable bonds is 3. The van der Waals surface area contributed by atoms with Gasteiger partial charge >= 0.3 is 5.97 Å². The van der Waals surface area contributed by atoms with Crippen LogP contribution in [0.5, 0.6) is 0 Å². The average molecular weight is 221 g/mol. The van der Waals surface area contributed by atoms with E-state index in [0.29, 0.717) is 0 Å². The largest absolute Gasteiger partial charge is 0.480 e. The van der Waals surface area contributed by atoms with Crippen LogP contribution in [0.4, 0.5) is 0 Å². The molecule has 0 radical (unpaired) electrons. The van der Waals surface area contributed by atoms with E-state index in [0.717, 1.165) is 0 Å². The molecule has 2 unspecified atom stereocenters. The molecule has 1 fully saturated rings. The summed E-state index contributed by atoms with van der Waals surface area (Å²) in [5, 5.41) is 45.6. The second-order valence-corrected chi connectivity index (χ2v) is 3.55. The van der Waals surface area contributed by atoms with Gasteiger partial charge in [-0.15, -0.1) is 0 Å². The van der Waals surface area contributed by atoms with E-state index in [2.05, 4.69) is 0 Å². The van der Waals surface area contributed by atoms with Gasteiger partial charge in [0.25, 0.3) is 0 Å². The molecule has 1 rings (SSSR count). The normalized spacial score (nSPS) is 37.9. The zero-order valence-electron chi connectivity index (χ0n) is 8.02. The molecule has 15 heavy (non-hydrogen) atoms. The lowest BCUT2D eigenvalue weighted by Crippen LogP contribution is -2.64. The number of carboxylic acid groups (broad SMARTS) is 1. The number of nitrogens with zero attached hydrogens (tertiary/aromatic N) is 1. The Morgan fingerprint density at radius 3 is 2.33 bits per heavy atom. The molecule has 1 aliphatic heterocycles. The number of aliphatic hydroxyl groups excluding tert-OH is 4. The van der Waals surface area contributed by atoms with Gasteiger partial charge in [0.05, 0.1) is 12.7 Å². The Labute approximate surface area is 86.2 Å². The molecule has 1 saturated heterocycles.